The number of hydrogen-bond acceptors (Lipinski definition) is 1. The first-order chi connectivity index (χ1) is 6.25. The second kappa shape index (κ2) is 3.50. The molecule has 13 heavy (non-hydrogen) atoms. The predicted octanol–water partition coefficient (Wildman–Crippen LogP) is 2.13. The van der Waals surface area contributed by atoms with Crippen molar-refractivity contribution in [3.63, 3.8) is 0 Å². The van der Waals surface area contributed by atoms with Gasteiger partial charge in [0.25, 0.3) is 0 Å². The number of rotatable bonds is 0. The molecule has 0 N–H and O–H groups in total. The predicted molar refractivity (Wildman–Crippen MR) is 56.1 cm³/mol. The lowest BCUT2D eigenvalue weighted by atomic mass is 10.0. The third kappa shape index (κ3) is 1.91. The van der Waals surface area contributed by atoms with Gasteiger partial charge in [-0.25, -0.2) is 4.74 Å². The number of hydrogen-bond donors (Lipinski definition) is 0. The number of halogens is 1. The molecule has 2 rings (SSSR count). The fraction of sp³-hybridized carbons (Fsp3) is 0.300. The molecule has 0 saturated heterocycles. The zero-order valence-electron chi connectivity index (χ0n) is 7.16. The Morgan fingerprint density at radius 2 is 2.15 bits per heavy atom. The van der Waals surface area contributed by atoms with Crippen LogP contribution in [-0.4, -0.2) is 17.5 Å². The van der Waals surface area contributed by atoms with Crippen molar-refractivity contribution in [2.45, 2.75) is 12.8 Å². The molecule has 68 valence electrons. The Bertz CT molecular complexity index is 360. The minimum absolute atomic E-state index is 0.573. The molecule has 0 atom stereocenters. The molecule has 0 aliphatic carbocycles. The van der Waals surface area contributed by atoms with Gasteiger partial charge >= 0.3 is 0 Å². The van der Waals surface area contributed by atoms with Crippen LogP contribution >= 0.6 is 15.9 Å². The highest BCUT2D eigenvalue weighted by Crippen LogP contribution is 2.18. The van der Waals surface area contributed by atoms with E-state index < -0.39 is 0 Å². The molecule has 1 aliphatic heterocycles. The lowest BCUT2D eigenvalue weighted by Crippen LogP contribution is -2.06. The number of nitrogens with zero attached hydrogens (tertiary/aromatic N) is 1. The molecule has 3 heteroatoms. The Morgan fingerprint density at radius 3 is 3.00 bits per heavy atom. The van der Waals surface area contributed by atoms with Crippen LogP contribution in [0.3, 0.4) is 0 Å². The normalized spacial score (nSPS) is 15.9. The molecule has 0 bridgehead atoms. The Balaban J connectivity index is 2.37. The summed E-state index contributed by atoms with van der Waals surface area (Å²) in [7, 11) is 0. The van der Waals surface area contributed by atoms with Crippen LogP contribution in [0.15, 0.2) is 22.7 Å². The van der Waals surface area contributed by atoms with E-state index in [1.54, 1.807) is 6.21 Å². The lowest BCUT2D eigenvalue weighted by Gasteiger charge is -2.03. The van der Waals surface area contributed by atoms with Crippen LogP contribution in [0.5, 0.6) is 0 Å². The summed E-state index contributed by atoms with van der Waals surface area (Å²) in [5.41, 5.74) is 2.55. The summed E-state index contributed by atoms with van der Waals surface area (Å²) in [6, 6.07) is 6.20. The molecule has 0 saturated carbocycles. The summed E-state index contributed by atoms with van der Waals surface area (Å²) in [5, 5.41) is 11.1. The molecule has 0 fully saturated rings. The van der Waals surface area contributed by atoms with E-state index in [0.29, 0.717) is 6.54 Å². The van der Waals surface area contributed by atoms with Crippen LogP contribution < -0.4 is 0 Å². The van der Waals surface area contributed by atoms with Crippen molar-refractivity contribution in [1.29, 1.82) is 0 Å². The van der Waals surface area contributed by atoms with Gasteiger partial charge in [0.15, 0.2) is 12.8 Å². The number of hydroxylamine groups is 1. The van der Waals surface area contributed by atoms with Gasteiger partial charge in [-0.05, 0) is 23.3 Å². The van der Waals surface area contributed by atoms with Crippen LogP contribution in [0.2, 0.25) is 0 Å². The van der Waals surface area contributed by atoms with E-state index in [0.717, 1.165) is 22.1 Å². The molecule has 1 aliphatic rings. The standard InChI is InChI=1S/C10H10BrNO/c11-10-2-1-8-3-5-12(13)6-4-9(8)7-10/h1-2,5,7H,3-4,6H2. The van der Waals surface area contributed by atoms with E-state index in [9.17, 15) is 5.21 Å². The SMILES string of the molecule is [O-][N+]1=CCc2ccc(Br)cc2CC1. The van der Waals surface area contributed by atoms with Crippen molar-refractivity contribution in [3.05, 3.63) is 39.0 Å². The first kappa shape index (κ1) is 8.75. The number of benzene rings is 1. The molecule has 1 aromatic rings. The Kier molecular flexibility index (Phi) is 2.36. The maximum atomic E-state index is 11.1. The molecule has 0 radical (unpaired) electrons. The van der Waals surface area contributed by atoms with Gasteiger partial charge in [-0.3, -0.25) is 0 Å². The van der Waals surface area contributed by atoms with Gasteiger partial charge < -0.3 is 5.21 Å². The fourth-order valence-electron chi connectivity index (χ4n) is 1.55. The average Bonchev–Trinajstić information content (AvgIpc) is 2.29. The number of fused-ring (bicyclic) bond motifs is 1. The van der Waals surface area contributed by atoms with Gasteiger partial charge in [0.05, 0.1) is 6.42 Å². The Hall–Kier alpha value is -0.830. The van der Waals surface area contributed by atoms with Crippen molar-refractivity contribution in [1.82, 2.24) is 0 Å². The monoisotopic (exact) mass is 239 g/mol. The van der Waals surface area contributed by atoms with Crippen LogP contribution in [-0.2, 0) is 12.8 Å². The topological polar surface area (TPSA) is 26.1 Å². The fourth-order valence-corrected chi connectivity index (χ4v) is 1.96. The van der Waals surface area contributed by atoms with Crippen molar-refractivity contribution in [3.8, 4) is 0 Å². The molecule has 0 spiro atoms. The van der Waals surface area contributed by atoms with Crippen molar-refractivity contribution in [2.75, 3.05) is 6.54 Å². The summed E-state index contributed by atoms with van der Waals surface area (Å²) in [4.78, 5) is 0. The molecule has 2 nitrogen and oxygen atoms in total. The van der Waals surface area contributed by atoms with Gasteiger partial charge in [0.1, 0.15) is 0 Å². The average molecular weight is 240 g/mol. The quantitative estimate of drug-likeness (QED) is 0.504. The minimum Gasteiger partial charge on any atom is -0.624 e. The van der Waals surface area contributed by atoms with Gasteiger partial charge in [0, 0.05) is 10.9 Å². The summed E-state index contributed by atoms with van der Waals surface area (Å²) in [5.74, 6) is 0. The largest absolute Gasteiger partial charge is 0.624 e. The highest BCUT2D eigenvalue weighted by Gasteiger charge is 2.09. The van der Waals surface area contributed by atoms with E-state index >= 15 is 0 Å². The summed E-state index contributed by atoms with van der Waals surface area (Å²) >= 11 is 3.43. The van der Waals surface area contributed by atoms with Gasteiger partial charge in [0.2, 0.25) is 0 Å². The zero-order valence-corrected chi connectivity index (χ0v) is 8.75. The van der Waals surface area contributed by atoms with Crippen molar-refractivity contribution in [2.24, 2.45) is 0 Å². The van der Waals surface area contributed by atoms with E-state index in [2.05, 4.69) is 28.1 Å². The third-order valence-electron chi connectivity index (χ3n) is 2.28. The zero-order chi connectivity index (χ0) is 9.26. The van der Waals surface area contributed by atoms with Crippen LogP contribution in [0.25, 0.3) is 0 Å². The summed E-state index contributed by atoms with van der Waals surface area (Å²) < 4.78 is 2.11. The van der Waals surface area contributed by atoms with Crippen molar-refractivity contribution < 1.29 is 4.74 Å². The van der Waals surface area contributed by atoms with E-state index in [4.69, 9.17) is 0 Å². The first-order valence-corrected chi connectivity index (χ1v) is 5.09. The van der Waals surface area contributed by atoms with Gasteiger partial charge in [-0.1, -0.05) is 22.0 Å². The highest BCUT2D eigenvalue weighted by molar-refractivity contribution is 9.10. The minimum atomic E-state index is 0.573. The summed E-state index contributed by atoms with van der Waals surface area (Å²) in [6.45, 7) is 0.573. The molecular weight excluding hydrogens is 230 g/mol. The highest BCUT2D eigenvalue weighted by atomic mass is 79.9. The first-order valence-electron chi connectivity index (χ1n) is 4.30. The van der Waals surface area contributed by atoms with Gasteiger partial charge in [-0.15, -0.1) is 0 Å². The maximum Gasteiger partial charge on any atom is 0.157 e. The van der Waals surface area contributed by atoms with E-state index in [-0.39, 0.29) is 0 Å². The molecule has 0 amide bonds. The van der Waals surface area contributed by atoms with Gasteiger partial charge in [-0.2, -0.15) is 0 Å². The molecule has 0 aromatic heterocycles. The second-order valence-electron chi connectivity index (χ2n) is 3.19. The second-order valence-corrected chi connectivity index (χ2v) is 4.11. The lowest BCUT2D eigenvalue weighted by molar-refractivity contribution is -0.452. The van der Waals surface area contributed by atoms with E-state index in [1.807, 2.05) is 6.07 Å². The van der Waals surface area contributed by atoms with Crippen LogP contribution in [0.4, 0.5) is 0 Å². The van der Waals surface area contributed by atoms with Crippen LogP contribution in [0.1, 0.15) is 11.1 Å². The molecule has 1 aromatic carbocycles. The Labute approximate surface area is 85.6 Å². The Morgan fingerprint density at radius 1 is 1.31 bits per heavy atom. The third-order valence-corrected chi connectivity index (χ3v) is 2.78. The molecule has 1 heterocycles. The smallest absolute Gasteiger partial charge is 0.157 e. The molecule has 0 unspecified atom stereocenters. The van der Waals surface area contributed by atoms with Crippen LogP contribution in [0, 0.1) is 5.21 Å². The maximum absolute atomic E-state index is 11.1. The molecular formula is C10H10BrNO. The summed E-state index contributed by atoms with van der Waals surface area (Å²) in [6.07, 6.45) is 3.31. The van der Waals surface area contributed by atoms with Crippen molar-refractivity contribution >= 4 is 22.1 Å². The van der Waals surface area contributed by atoms with E-state index in [1.165, 1.54) is 11.1 Å².